The molecule has 0 aliphatic heterocycles. The van der Waals surface area contributed by atoms with Crippen LogP contribution in [0.25, 0.3) is 16.7 Å². The van der Waals surface area contributed by atoms with E-state index in [9.17, 15) is 9.18 Å². The first kappa shape index (κ1) is 16.0. The second-order valence-corrected chi connectivity index (χ2v) is 6.30. The fraction of sp³-hybridized carbons (Fsp3) is 0.188. The normalized spacial score (nSPS) is 11.2. The summed E-state index contributed by atoms with van der Waals surface area (Å²) in [5.74, 6) is -0.531. The lowest BCUT2D eigenvalue weighted by Gasteiger charge is -2.13. The van der Waals surface area contributed by atoms with Crippen molar-refractivity contribution < 1.29 is 4.39 Å². The number of nitrogens with zero attached hydrogens (tertiary/aromatic N) is 3. The molecule has 0 bridgehead atoms. The molecule has 0 N–H and O–H groups in total. The van der Waals surface area contributed by atoms with Gasteiger partial charge in [0.05, 0.1) is 16.1 Å². The highest BCUT2D eigenvalue weighted by Gasteiger charge is 2.16. The number of hydrogen-bond acceptors (Lipinski definition) is 4. The first-order valence-corrected chi connectivity index (χ1v) is 8.43. The summed E-state index contributed by atoms with van der Waals surface area (Å²) >= 11 is 7.17. The van der Waals surface area contributed by atoms with Crippen molar-refractivity contribution in [1.82, 2.24) is 14.5 Å². The van der Waals surface area contributed by atoms with Crippen molar-refractivity contribution in [3.63, 3.8) is 0 Å². The molecule has 0 aliphatic carbocycles. The SMILES string of the molecule is CSc1nc2nc(C)cc(C)c2c(=O)n1-c1ccc(F)c(Cl)c1. The minimum Gasteiger partial charge on any atom is -0.268 e. The molecular weight excluding hydrogens is 337 g/mol. The molecule has 0 aliphatic rings. The lowest BCUT2D eigenvalue weighted by Crippen LogP contribution is -2.23. The van der Waals surface area contributed by atoms with Crippen LogP contribution in [0.1, 0.15) is 11.3 Å². The average molecular weight is 350 g/mol. The molecule has 0 saturated heterocycles. The number of aryl methyl sites for hydroxylation is 2. The van der Waals surface area contributed by atoms with Crippen molar-refractivity contribution in [1.29, 1.82) is 0 Å². The molecule has 0 fully saturated rings. The summed E-state index contributed by atoms with van der Waals surface area (Å²) in [7, 11) is 0. The molecule has 0 amide bonds. The van der Waals surface area contributed by atoms with E-state index in [1.807, 2.05) is 26.2 Å². The van der Waals surface area contributed by atoms with Crippen LogP contribution < -0.4 is 5.56 Å². The lowest BCUT2D eigenvalue weighted by atomic mass is 10.2. The van der Waals surface area contributed by atoms with Crippen molar-refractivity contribution >= 4 is 34.4 Å². The first-order valence-electron chi connectivity index (χ1n) is 6.83. The van der Waals surface area contributed by atoms with Crippen molar-refractivity contribution in [2.75, 3.05) is 6.26 Å². The van der Waals surface area contributed by atoms with Crippen LogP contribution in [0.3, 0.4) is 0 Å². The van der Waals surface area contributed by atoms with Crippen molar-refractivity contribution in [3.05, 3.63) is 56.7 Å². The summed E-state index contributed by atoms with van der Waals surface area (Å²) in [5, 5.41) is 0.886. The van der Waals surface area contributed by atoms with E-state index in [0.29, 0.717) is 21.9 Å². The summed E-state index contributed by atoms with van der Waals surface area (Å²) in [4.78, 5) is 21.8. The molecular formula is C16H13ClFN3OS. The molecule has 0 unspecified atom stereocenters. The number of hydrogen-bond donors (Lipinski definition) is 0. The maximum absolute atomic E-state index is 13.4. The fourth-order valence-electron chi connectivity index (χ4n) is 2.49. The van der Waals surface area contributed by atoms with Crippen LogP contribution in [0, 0.1) is 19.7 Å². The largest absolute Gasteiger partial charge is 0.268 e. The summed E-state index contributed by atoms with van der Waals surface area (Å²) in [6.07, 6.45) is 1.82. The zero-order valence-corrected chi connectivity index (χ0v) is 14.3. The van der Waals surface area contributed by atoms with E-state index in [4.69, 9.17) is 11.6 Å². The van der Waals surface area contributed by atoms with Gasteiger partial charge in [0.25, 0.3) is 5.56 Å². The fourth-order valence-corrected chi connectivity index (χ4v) is 3.21. The molecule has 3 aromatic rings. The van der Waals surface area contributed by atoms with E-state index in [1.54, 1.807) is 0 Å². The van der Waals surface area contributed by atoms with Gasteiger partial charge in [0, 0.05) is 5.69 Å². The number of rotatable bonds is 2. The standard InChI is InChI=1S/C16H13ClFN3OS/c1-8-6-9(2)19-14-13(8)15(22)21(16(20-14)23-3)10-4-5-12(18)11(17)7-10/h4-7H,1-3H3. The average Bonchev–Trinajstić information content (AvgIpc) is 2.49. The highest BCUT2D eigenvalue weighted by Crippen LogP contribution is 2.23. The van der Waals surface area contributed by atoms with Gasteiger partial charge in [-0.1, -0.05) is 23.4 Å². The van der Waals surface area contributed by atoms with Crippen LogP contribution in [0.4, 0.5) is 4.39 Å². The molecule has 118 valence electrons. The van der Waals surface area contributed by atoms with E-state index in [2.05, 4.69) is 9.97 Å². The van der Waals surface area contributed by atoms with Gasteiger partial charge in [-0.15, -0.1) is 0 Å². The first-order chi connectivity index (χ1) is 10.9. The highest BCUT2D eigenvalue weighted by atomic mass is 35.5. The van der Waals surface area contributed by atoms with Gasteiger partial charge in [-0.25, -0.2) is 14.4 Å². The Morgan fingerprint density at radius 2 is 1.96 bits per heavy atom. The Kier molecular flexibility index (Phi) is 4.12. The molecule has 1 aromatic carbocycles. The van der Waals surface area contributed by atoms with Gasteiger partial charge in [0.15, 0.2) is 10.8 Å². The Bertz CT molecular complexity index is 987. The van der Waals surface area contributed by atoms with Crippen molar-refractivity contribution in [2.24, 2.45) is 0 Å². The molecule has 7 heteroatoms. The van der Waals surface area contributed by atoms with Crippen LogP contribution in [-0.2, 0) is 0 Å². The third kappa shape index (κ3) is 2.72. The van der Waals surface area contributed by atoms with Crippen molar-refractivity contribution in [2.45, 2.75) is 19.0 Å². The molecule has 2 aromatic heterocycles. The maximum atomic E-state index is 13.4. The molecule has 2 heterocycles. The number of benzene rings is 1. The molecule has 23 heavy (non-hydrogen) atoms. The van der Waals surface area contributed by atoms with Gasteiger partial charge >= 0.3 is 0 Å². The molecule has 0 saturated carbocycles. The second-order valence-electron chi connectivity index (χ2n) is 5.12. The van der Waals surface area contributed by atoms with Crippen LogP contribution in [-0.4, -0.2) is 20.8 Å². The Balaban J connectivity index is 2.42. The van der Waals surface area contributed by atoms with Crippen LogP contribution in [0.5, 0.6) is 0 Å². The van der Waals surface area contributed by atoms with E-state index in [1.165, 1.54) is 34.5 Å². The Morgan fingerprint density at radius 3 is 2.61 bits per heavy atom. The van der Waals surface area contributed by atoms with Gasteiger partial charge in [0.2, 0.25) is 0 Å². The van der Waals surface area contributed by atoms with Gasteiger partial charge in [-0.2, -0.15) is 0 Å². The second kappa shape index (κ2) is 5.94. The maximum Gasteiger partial charge on any atom is 0.268 e. The Morgan fingerprint density at radius 1 is 1.22 bits per heavy atom. The summed E-state index contributed by atoms with van der Waals surface area (Å²) in [5.41, 5.74) is 2.25. The lowest BCUT2D eigenvalue weighted by molar-refractivity contribution is 0.627. The van der Waals surface area contributed by atoms with E-state index < -0.39 is 5.82 Å². The molecule has 0 atom stereocenters. The highest BCUT2D eigenvalue weighted by molar-refractivity contribution is 7.98. The quantitative estimate of drug-likeness (QED) is 0.520. The number of fused-ring (bicyclic) bond motifs is 1. The predicted molar refractivity (Wildman–Crippen MR) is 91.4 cm³/mol. The predicted octanol–water partition coefficient (Wildman–Crippen LogP) is 3.91. The van der Waals surface area contributed by atoms with E-state index in [-0.39, 0.29) is 10.6 Å². The zero-order chi connectivity index (χ0) is 16.7. The van der Waals surface area contributed by atoms with Gasteiger partial charge < -0.3 is 0 Å². The molecule has 0 spiro atoms. The molecule has 3 rings (SSSR count). The topological polar surface area (TPSA) is 47.8 Å². The summed E-state index contributed by atoms with van der Waals surface area (Å²) < 4.78 is 14.8. The Hall–Kier alpha value is -1.92. The Labute approximate surface area is 141 Å². The number of halogens is 2. The third-order valence-corrected chi connectivity index (χ3v) is 4.41. The van der Waals surface area contributed by atoms with Crippen LogP contribution in [0.15, 0.2) is 34.2 Å². The smallest absolute Gasteiger partial charge is 0.268 e. The monoisotopic (exact) mass is 349 g/mol. The molecule has 0 radical (unpaired) electrons. The molecule has 4 nitrogen and oxygen atoms in total. The summed E-state index contributed by atoms with van der Waals surface area (Å²) in [6, 6.07) is 6.00. The van der Waals surface area contributed by atoms with E-state index >= 15 is 0 Å². The number of pyridine rings is 1. The van der Waals surface area contributed by atoms with Crippen LogP contribution in [0.2, 0.25) is 5.02 Å². The van der Waals surface area contributed by atoms with Gasteiger partial charge in [-0.3, -0.25) is 9.36 Å². The van der Waals surface area contributed by atoms with Gasteiger partial charge in [0.1, 0.15) is 5.82 Å². The van der Waals surface area contributed by atoms with Gasteiger partial charge in [-0.05, 0) is 49.9 Å². The zero-order valence-electron chi connectivity index (χ0n) is 12.7. The van der Waals surface area contributed by atoms with E-state index in [0.717, 1.165) is 11.3 Å². The minimum absolute atomic E-state index is 0.0414. The van der Waals surface area contributed by atoms with Crippen molar-refractivity contribution in [3.8, 4) is 5.69 Å². The number of aromatic nitrogens is 3. The van der Waals surface area contributed by atoms with Crippen LogP contribution >= 0.6 is 23.4 Å². The number of thioether (sulfide) groups is 1. The summed E-state index contributed by atoms with van der Waals surface area (Å²) in [6.45, 7) is 3.71. The third-order valence-electron chi connectivity index (χ3n) is 3.48. The minimum atomic E-state index is -0.531.